The highest BCUT2D eigenvalue weighted by molar-refractivity contribution is 5.00. The average molecular weight is 241 g/mol. The van der Waals surface area contributed by atoms with Crippen molar-refractivity contribution in [2.24, 2.45) is 5.92 Å². The summed E-state index contributed by atoms with van der Waals surface area (Å²) in [4.78, 5) is 0. The van der Waals surface area contributed by atoms with Crippen LogP contribution in [-0.2, 0) is 4.74 Å². The van der Waals surface area contributed by atoms with Crippen LogP contribution in [0.3, 0.4) is 0 Å². The predicted octanol–water partition coefficient (Wildman–Crippen LogP) is 2.08. The molecule has 2 fully saturated rings. The molecule has 2 aliphatic heterocycles. The van der Waals surface area contributed by atoms with Crippen LogP contribution in [-0.4, -0.2) is 35.0 Å². The Kier molecular flexibility index (Phi) is 3.54. The molecule has 0 saturated carbocycles. The lowest BCUT2D eigenvalue weighted by molar-refractivity contribution is -0.0917. The zero-order valence-electron chi connectivity index (χ0n) is 11.6. The average Bonchev–Trinajstić information content (AvgIpc) is 2.47. The molecule has 0 aromatic rings. The van der Waals surface area contributed by atoms with Crippen molar-refractivity contribution in [2.75, 3.05) is 6.54 Å². The van der Waals surface area contributed by atoms with Crippen molar-refractivity contribution < 1.29 is 9.84 Å². The molecular formula is C14H27NO2. The van der Waals surface area contributed by atoms with E-state index in [-0.39, 0.29) is 29.3 Å². The van der Waals surface area contributed by atoms with Gasteiger partial charge >= 0.3 is 0 Å². The zero-order chi connectivity index (χ0) is 12.7. The van der Waals surface area contributed by atoms with E-state index in [0.717, 1.165) is 19.4 Å². The Morgan fingerprint density at radius 2 is 1.94 bits per heavy atom. The summed E-state index contributed by atoms with van der Waals surface area (Å²) in [5, 5.41) is 14.1. The second-order valence-corrected chi connectivity index (χ2v) is 6.82. The SMILES string of the molecule is CC1(C)CC(C(O)C2CCCCN2)C(C)(C)O1. The first-order valence-corrected chi connectivity index (χ1v) is 6.93. The van der Waals surface area contributed by atoms with Crippen molar-refractivity contribution in [3.8, 4) is 0 Å². The van der Waals surface area contributed by atoms with Gasteiger partial charge in [-0.1, -0.05) is 6.42 Å². The molecule has 2 N–H and O–H groups in total. The van der Waals surface area contributed by atoms with Gasteiger partial charge in [0.15, 0.2) is 0 Å². The van der Waals surface area contributed by atoms with Gasteiger partial charge in [0.05, 0.1) is 17.3 Å². The minimum absolute atomic E-state index is 0.107. The first-order chi connectivity index (χ1) is 7.82. The van der Waals surface area contributed by atoms with Crippen molar-refractivity contribution in [1.82, 2.24) is 5.32 Å². The van der Waals surface area contributed by atoms with Gasteiger partial charge in [-0.25, -0.2) is 0 Å². The van der Waals surface area contributed by atoms with Crippen LogP contribution in [0, 0.1) is 5.92 Å². The molecule has 0 amide bonds. The van der Waals surface area contributed by atoms with Crippen LogP contribution >= 0.6 is 0 Å². The Morgan fingerprint density at radius 1 is 1.24 bits per heavy atom. The van der Waals surface area contributed by atoms with E-state index in [4.69, 9.17) is 4.74 Å². The predicted molar refractivity (Wildman–Crippen MR) is 69.0 cm³/mol. The lowest BCUT2D eigenvalue weighted by Gasteiger charge is -2.36. The van der Waals surface area contributed by atoms with Gasteiger partial charge in [-0.3, -0.25) is 0 Å². The fourth-order valence-electron chi connectivity index (χ4n) is 3.59. The van der Waals surface area contributed by atoms with E-state index in [1.54, 1.807) is 0 Å². The summed E-state index contributed by atoms with van der Waals surface area (Å²) < 4.78 is 6.07. The smallest absolute Gasteiger partial charge is 0.0749 e. The number of aliphatic hydroxyl groups is 1. The monoisotopic (exact) mass is 241 g/mol. The van der Waals surface area contributed by atoms with Crippen molar-refractivity contribution >= 4 is 0 Å². The van der Waals surface area contributed by atoms with E-state index < -0.39 is 0 Å². The third-order valence-corrected chi connectivity index (χ3v) is 4.32. The third kappa shape index (κ3) is 2.83. The summed E-state index contributed by atoms with van der Waals surface area (Å²) in [7, 11) is 0. The molecule has 3 atom stereocenters. The van der Waals surface area contributed by atoms with Gasteiger partial charge in [0.25, 0.3) is 0 Å². The van der Waals surface area contributed by atoms with Gasteiger partial charge in [0, 0.05) is 12.0 Å². The summed E-state index contributed by atoms with van der Waals surface area (Å²) >= 11 is 0. The largest absolute Gasteiger partial charge is 0.391 e. The van der Waals surface area contributed by atoms with Crippen molar-refractivity contribution in [3.63, 3.8) is 0 Å². The van der Waals surface area contributed by atoms with E-state index in [1.165, 1.54) is 12.8 Å². The van der Waals surface area contributed by atoms with Crippen LogP contribution in [0.5, 0.6) is 0 Å². The molecule has 0 bridgehead atoms. The topological polar surface area (TPSA) is 41.5 Å². The second kappa shape index (κ2) is 4.52. The molecule has 17 heavy (non-hydrogen) atoms. The highest BCUT2D eigenvalue weighted by atomic mass is 16.5. The fraction of sp³-hybridized carbons (Fsp3) is 1.00. The maximum atomic E-state index is 10.6. The minimum Gasteiger partial charge on any atom is -0.391 e. The molecule has 100 valence electrons. The number of aliphatic hydroxyl groups excluding tert-OH is 1. The molecule has 2 rings (SSSR count). The highest BCUT2D eigenvalue weighted by Crippen LogP contribution is 2.44. The maximum Gasteiger partial charge on any atom is 0.0749 e. The van der Waals surface area contributed by atoms with Crippen molar-refractivity contribution in [1.29, 1.82) is 0 Å². The van der Waals surface area contributed by atoms with Gasteiger partial charge < -0.3 is 15.2 Å². The first-order valence-electron chi connectivity index (χ1n) is 6.93. The quantitative estimate of drug-likeness (QED) is 0.778. The van der Waals surface area contributed by atoms with Gasteiger partial charge in [-0.2, -0.15) is 0 Å². The molecular weight excluding hydrogens is 214 g/mol. The van der Waals surface area contributed by atoms with Gasteiger partial charge in [0.2, 0.25) is 0 Å². The van der Waals surface area contributed by atoms with Gasteiger partial charge in [-0.15, -0.1) is 0 Å². The van der Waals surface area contributed by atoms with Crippen LogP contribution in [0.4, 0.5) is 0 Å². The lowest BCUT2D eigenvalue weighted by atomic mass is 9.79. The lowest BCUT2D eigenvalue weighted by Crippen LogP contribution is -2.50. The Hall–Kier alpha value is -0.120. The minimum atomic E-state index is -0.285. The molecule has 0 aliphatic carbocycles. The molecule has 0 aromatic carbocycles. The normalized spacial score (nSPS) is 37.9. The van der Waals surface area contributed by atoms with Crippen molar-refractivity contribution in [3.05, 3.63) is 0 Å². The van der Waals surface area contributed by atoms with Crippen LogP contribution < -0.4 is 5.32 Å². The van der Waals surface area contributed by atoms with Crippen LogP contribution in [0.2, 0.25) is 0 Å². The highest BCUT2D eigenvalue weighted by Gasteiger charge is 2.50. The Morgan fingerprint density at radius 3 is 2.41 bits per heavy atom. The summed E-state index contributed by atoms with van der Waals surface area (Å²) in [5.74, 6) is 0.230. The number of hydrogen-bond donors (Lipinski definition) is 2. The van der Waals surface area contributed by atoms with Gasteiger partial charge in [0.1, 0.15) is 0 Å². The summed E-state index contributed by atoms with van der Waals surface area (Å²) in [6, 6.07) is 0.255. The molecule has 2 heterocycles. The molecule has 2 saturated heterocycles. The fourth-order valence-corrected chi connectivity index (χ4v) is 3.59. The standard InChI is InChI=1S/C14H27NO2/c1-13(2)9-10(14(3,4)17-13)12(16)11-7-5-6-8-15-11/h10-12,15-16H,5-9H2,1-4H3. The Bertz CT molecular complexity index is 269. The third-order valence-electron chi connectivity index (χ3n) is 4.32. The molecule has 3 unspecified atom stereocenters. The molecule has 2 aliphatic rings. The molecule has 0 aromatic heterocycles. The zero-order valence-corrected chi connectivity index (χ0v) is 11.6. The number of nitrogens with one attached hydrogen (secondary N) is 1. The molecule has 0 radical (unpaired) electrons. The maximum absolute atomic E-state index is 10.6. The van der Waals surface area contributed by atoms with E-state index in [9.17, 15) is 5.11 Å². The summed E-state index contributed by atoms with van der Waals surface area (Å²) in [6.45, 7) is 9.50. The van der Waals surface area contributed by atoms with E-state index in [1.807, 2.05) is 0 Å². The Balaban J connectivity index is 2.05. The van der Waals surface area contributed by atoms with Crippen LogP contribution in [0.15, 0.2) is 0 Å². The van der Waals surface area contributed by atoms with Crippen LogP contribution in [0.1, 0.15) is 53.4 Å². The number of rotatable bonds is 2. The first kappa shape index (κ1) is 13.3. The second-order valence-electron chi connectivity index (χ2n) is 6.82. The van der Waals surface area contributed by atoms with Crippen molar-refractivity contribution in [2.45, 2.75) is 76.7 Å². The number of hydrogen-bond acceptors (Lipinski definition) is 3. The molecule has 3 heteroatoms. The number of piperidine rings is 1. The van der Waals surface area contributed by atoms with E-state index >= 15 is 0 Å². The van der Waals surface area contributed by atoms with E-state index in [0.29, 0.717) is 0 Å². The van der Waals surface area contributed by atoms with E-state index in [2.05, 4.69) is 33.0 Å². The summed E-state index contributed by atoms with van der Waals surface area (Å²) in [5.41, 5.74) is -0.328. The van der Waals surface area contributed by atoms with Crippen LogP contribution in [0.25, 0.3) is 0 Å². The molecule has 0 spiro atoms. The van der Waals surface area contributed by atoms with Gasteiger partial charge in [-0.05, 0) is 53.5 Å². The molecule has 3 nitrogen and oxygen atoms in total. The number of ether oxygens (including phenoxy) is 1. The summed E-state index contributed by atoms with van der Waals surface area (Å²) in [6.07, 6.45) is 4.21. The Labute approximate surface area is 105 Å².